The largest absolute Gasteiger partial charge is 0.455 e. The van der Waals surface area contributed by atoms with Crippen LogP contribution in [0.4, 0.5) is 17.1 Å². The molecule has 8 aromatic carbocycles. The van der Waals surface area contributed by atoms with E-state index in [0.717, 1.165) is 55.7 Å². The van der Waals surface area contributed by atoms with Gasteiger partial charge in [-0.2, -0.15) is 0 Å². The minimum atomic E-state index is 0.906. The highest BCUT2D eigenvalue weighted by molar-refractivity contribution is 6.09. The van der Waals surface area contributed by atoms with Gasteiger partial charge in [0, 0.05) is 33.4 Å². The van der Waals surface area contributed by atoms with Gasteiger partial charge in [0.2, 0.25) is 0 Å². The second kappa shape index (κ2) is 13.4. The van der Waals surface area contributed by atoms with E-state index in [0.29, 0.717) is 0 Å². The van der Waals surface area contributed by atoms with Crippen molar-refractivity contribution in [3.8, 4) is 44.5 Å². The molecule has 2 heteroatoms. The van der Waals surface area contributed by atoms with E-state index < -0.39 is 0 Å². The van der Waals surface area contributed by atoms with Crippen molar-refractivity contribution in [2.75, 3.05) is 4.90 Å². The first kappa shape index (κ1) is 31.1. The molecule has 52 heavy (non-hydrogen) atoms. The number of furan rings is 1. The summed E-state index contributed by atoms with van der Waals surface area (Å²) < 4.78 is 6.38. The van der Waals surface area contributed by atoms with Crippen LogP contribution in [0.1, 0.15) is 5.56 Å². The number of para-hydroxylation sites is 2. The number of hydrogen-bond acceptors (Lipinski definition) is 2. The Morgan fingerprint density at radius 3 is 1.33 bits per heavy atom. The molecule has 9 rings (SSSR count). The zero-order chi connectivity index (χ0) is 34.9. The van der Waals surface area contributed by atoms with E-state index in [1.165, 1.54) is 33.4 Å². The van der Waals surface area contributed by atoms with Crippen LogP contribution in [-0.2, 0) is 0 Å². The third-order valence-corrected chi connectivity index (χ3v) is 9.90. The average Bonchev–Trinajstić information content (AvgIpc) is 3.61. The number of nitrogens with zero attached hydrogens (tertiary/aromatic N) is 1. The van der Waals surface area contributed by atoms with Crippen LogP contribution < -0.4 is 4.90 Å². The third kappa shape index (κ3) is 5.87. The summed E-state index contributed by atoms with van der Waals surface area (Å²) >= 11 is 0. The van der Waals surface area contributed by atoms with E-state index >= 15 is 0 Å². The highest BCUT2D eigenvalue weighted by Gasteiger charge is 2.16. The Labute approximate surface area is 304 Å². The van der Waals surface area contributed by atoms with E-state index in [-0.39, 0.29) is 0 Å². The van der Waals surface area contributed by atoms with Gasteiger partial charge in [0.15, 0.2) is 0 Å². The Morgan fingerprint density at radius 1 is 0.365 bits per heavy atom. The summed E-state index contributed by atoms with van der Waals surface area (Å²) in [5.41, 5.74) is 15.5. The number of benzene rings is 8. The summed E-state index contributed by atoms with van der Waals surface area (Å²) in [7, 11) is 0. The fourth-order valence-electron chi connectivity index (χ4n) is 7.12. The quantitative estimate of drug-likeness (QED) is 0.161. The molecule has 246 valence electrons. The minimum absolute atomic E-state index is 0.906. The Kier molecular flexibility index (Phi) is 8.03. The van der Waals surface area contributed by atoms with Gasteiger partial charge in [-0.05, 0) is 87.0 Å². The van der Waals surface area contributed by atoms with Crippen LogP contribution in [0.25, 0.3) is 72.5 Å². The molecule has 0 atom stereocenters. The highest BCUT2D eigenvalue weighted by atomic mass is 16.3. The van der Waals surface area contributed by atoms with Crippen molar-refractivity contribution in [2.24, 2.45) is 0 Å². The second-order valence-corrected chi connectivity index (χ2v) is 13.0. The number of fused-ring (bicyclic) bond motifs is 3. The Bertz CT molecular complexity index is 2630. The van der Waals surface area contributed by atoms with Gasteiger partial charge in [-0.25, -0.2) is 0 Å². The van der Waals surface area contributed by atoms with Crippen molar-refractivity contribution < 1.29 is 4.42 Å². The zero-order valence-corrected chi connectivity index (χ0v) is 28.6. The molecule has 1 heterocycles. The smallest absolute Gasteiger partial charge is 0.143 e. The number of hydrogen-bond donors (Lipinski definition) is 0. The van der Waals surface area contributed by atoms with Crippen LogP contribution in [0.2, 0.25) is 0 Å². The van der Waals surface area contributed by atoms with E-state index in [2.05, 4.69) is 193 Å². The number of anilines is 3. The van der Waals surface area contributed by atoms with Crippen molar-refractivity contribution in [3.05, 3.63) is 206 Å². The zero-order valence-electron chi connectivity index (χ0n) is 28.6. The summed E-state index contributed by atoms with van der Waals surface area (Å²) in [6, 6.07) is 68.9. The molecule has 0 saturated carbocycles. The molecule has 0 unspecified atom stereocenters. The SMILES string of the molecule is C=Cc1ccc(-c2ccc(N(c3ccc(-c4ccc(-c5ccccc5)cc4)cc3)c3ccc(-c4cccc5c4oc4ccccc45)cc3)cc2)cc1. The maximum Gasteiger partial charge on any atom is 0.143 e. The molecular weight excluding hydrogens is 631 g/mol. The lowest BCUT2D eigenvalue weighted by Gasteiger charge is -2.26. The van der Waals surface area contributed by atoms with Crippen molar-refractivity contribution in [1.29, 1.82) is 0 Å². The lowest BCUT2D eigenvalue weighted by Crippen LogP contribution is -2.09. The molecule has 0 saturated heterocycles. The monoisotopic (exact) mass is 665 g/mol. The predicted molar refractivity (Wildman–Crippen MR) is 220 cm³/mol. The van der Waals surface area contributed by atoms with Crippen LogP contribution in [0.3, 0.4) is 0 Å². The van der Waals surface area contributed by atoms with Gasteiger partial charge < -0.3 is 9.32 Å². The van der Waals surface area contributed by atoms with E-state index in [1.54, 1.807) is 0 Å². The molecule has 0 fully saturated rings. The normalized spacial score (nSPS) is 11.2. The summed E-state index contributed by atoms with van der Waals surface area (Å²) in [5, 5.41) is 2.27. The maximum absolute atomic E-state index is 6.38. The van der Waals surface area contributed by atoms with Crippen LogP contribution in [0.15, 0.2) is 205 Å². The topological polar surface area (TPSA) is 16.4 Å². The van der Waals surface area contributed by atoms with Crippen LogP contribution in [0, 0.1) is 0 Å². The van der Waals surface area contributed by atoms with Gasteiger partial charge in [0.05, 0.1) is 0 Å². The molecule has 0 aliphatic rings. The minimum Gasteiger partial charge on any atom is -0.455 e. The Hall–Kier alpha value is -6.90. The van der Waals surface area contributed by atoms with Crippen LogP contribution >= 0.6 is 0 Å². The molecular formula is C50H35NO. The molecule has 0 radical (unpaired) electrons. The molecule has 0 aliphatic carbocycles. The highest BCUT2D eigenvalue weighted by Crippen LogP contribution is 2.40. The summed E-state index contributed by atoms with van der Waals surface area (Å²) in [6.45, 7) is 3.89. The molecule has 9 aromatic rings. The maximum atomic E-state index is 6.38. The predicted octanol–water partition coefficient (Wildman–Crippen LogP) is 14.4. The fourth-order valence-corrected chi connectivity index (χ4v) is 7.12. The number of rotatable bonds is 8. The van der Waals surface area contributed by atoms with Gasteiger partial charge in [0.1, 0.15) is 11.2 Å². The molecule has 0 aliphatic heterocycles. The lowest BCUT2D eigenvalue weighted by atomic mass is 9.99. The lowest BCUT2D eigenvalue weighted by molar-refractivity contribution is 0.670. The van der Waals surface area contributed by atoms with E-state index in [9.17, 15) is 0 Å². The first-order valence-corrected chi connectivity index (χ1v) is 17.6. The summed E-state index contributed by atoms with van der Waals surface area (Å²) in [6.07, 6.45) is 1.87. The van der Waals surface area contributed by atoms with Crippen molar-refractivity contribution in [3.63, 3.8) is 0 Å². The Balaban J connectivity index is 1.07. The molecule has 0 bridgehead atoms. The van der Waals surface area contributed by atoms with Crippen molar-refractivity contribution >= 4 is 45.1 Å². The fraction of sp³-hybridized carbons (Fsp3) is 0. The van der Waals surface area contributed by atoms with Crippen LogP contribution in [-0.4, -0.2) is 0 Å². The first-order chi connectivity index (χ1) is 25.7. The van der Waals surface area contributed by atoms with Gasteiger partial charge in [-0.3, -0.25) is 0 Å². The van der Waals surface area contributed by atoms with Gasteiger partial charge in [0.25, 0.3) is 0 Å². The van der Waals surface area contributed by atoms with Crippen molar-refractivity contribution in [2.45, 2.75) is 0 Å². The molecule has 0 N–H and O–H groups in total. The summed E-state index contributed by atoms with van der Waals surface area (Å²) in [5.74, 6) is 0. The first-order valence-electron chi connectivity index (χ1n) is 17.6. The average molecular weight is 666 g/mol. The molecule has 0 spiro atoms. The summed E-state index contributed by atoms with van der Waals surface area (Å²) in [4.78, 5) is 2.32. The van der Waals surface area contributed by atoms with E-state index in [4.69, 9.17) is 4.42 Å². The second-order valence-electron chi connectivity index (χ2n) is 13.0. The molecule has 2 nitrogen and oxygen atoms in total. The third-order valence-electron chi connectivity index (χ3n) is 9.90. The van der Waals surface area contributed by atoms with Gasteiger partial charge >= 0.3 is 0 Å². The molecule has 0 amide bonds. The van der Waals surface area contributed by atoms with Crippen molar-refractivity contribution in [1.82, 2.24) is 0 Å². The van der Waals surface area contributed by atoms with Gasteiger partial charge in [-0.1, -0.05) is 164 Å². The van der Waals surface area contributed by atoms with E-state index in [1.807, 2.05) is 18.2 Å². The Morgan fingerprint density at radius 2 is 0.788 bits per heavy atom. The molecule has 1 aromatic heterocycles. The standard InChI is InChI=1S/C50H35NO/c1-2-35-15-17-37(18-16-35)40-23-29-43(30-24-40)51(44-31-25-41(26-32-44)39-21-19-38(20-22-39)36-9-4-3-5-10-36)45-33-27-42(28-34-45)46-12-8-13-48-47-11-6-7-14-49(47)52-50(46)48/h2-34H,1H2. The van der Waals surface area contributed by atoms with Gasteiger partial charge in [-0.15, -0.1) is 0 Å². The van der Waals surface area contributed by atoms with Crippen LogP contribution in [0.5, 0.6) is 0 Å².